The van der Waals surface area contributed by atoms with E-state index in [4.69, 9.17) is 5.11 Å². The van der Waals surface area contributed by atoms with Crippen LogP contribution in [0.5, 0.6) is 0 Å². The van der Waals surface area contributed by atoms with Gasteiger partial charge in [-0.25, -0.2) is 17.5 Å². The van der Waals surface area contributed by atoms with Crippen molar-refractivity contribution >= 4 is 21.6 Å². The van der Waals surface area contributed by atoms with Crippen molar-refractivity contribution in [2.75, 3.05) is 19.8 Å². The van der Waals surface area contributed by atoms with Crippen molar-refractivity contribution in [1.82, 2.24) is 18.9 Å². The Bertz CT molecular complexity index is 892. The molecule has 0 fully saturated rings. The Morgan fingerprint density at radius 3 is 2.46 bits per heavy atom. The summed E-state index contributed by atoms with van der Waals surface area (Å²) in [6, 6.07) is 1.44. The predicted octanol–water partition coefficient (Wildman–Crippen LogP) is 0.880. The fraction of sp³-hybridized carbons (Fsp3) is 0.417. The number of aromatic carboxylic acids is 1. The first-order valence-electron chi connectivity index (χ1n) is 6.51. The molecule has 24 heavy (non-hydrogen) atoms. The molecule has 0 unspecified atom stereocenters. The van der Waals surface area contributed by atoms with Crippen LogP contribution in [0.25, 0.3) is 5.65 Å². The van der Waals surface area contributed by atoms with Crippen LogP contribution in [0.1, 0.15) is 21.9 Å². The van der Waals surface area contributed by atoms with Crippen LogP contribution in [0.4, 0.5) is 13.2 Å². The van der Waals surface area contributed by atoms with Gasteiger partial charge in [-0.15, -0.1) is 10.2 Å². The van der Waals surface area contributed by atoms with E-state index in [1.807, 2.05) is 0 Å². The van der Waals surface area contributed by atoms with Gasteiger partial charge < -0.3 is 5.11 Å². The summed E-state index contributed by atoms with van der Waals surface area (Å²) in [6.07, 6.45) is -3.97. The van der Waals surface area contributed by atoms with Crippen LogP contribution in [-0.2, 0) is 22.6 Å². The van der Waals surface area contributed by atoms with Crippen LogP contribution >= 0.6 is 0 Å². The van der Waals surface area contributed by atoms with Gasteiger partial charge in [-0.1, -0.05) is 0 Å². The number of hydrogen-bond donors (Lipinski definition) is 1. The maximum atomic E-state index is 13.2. The van der Waals surface area contributed by atoms with Crippen LogP contribution in [0.15, 0.2) is 12.1 Å². The summed E-state index contributed by atoms with van der Waals surface area (Å²) in [7, 11) is -2.24. The van der Waals surface area contributed by atoms with Crippen LogP contribution in [0.2, 0.25) is 0 Å². The Morgan fingerprint density at radius 1 is 1.33 bits per heavy atom. The smallest absolute Gasteiger partial charge is 0.431 e. The van der Waals surface area contributed by atoms with E-state index in [1.54, 1.807) is 0 Å². The van der Waals surface area contributed by atoms with Crippen molar-refractivity contribution in [3.8, 4) is 0 Å². The molecule has 0 aliphatic carbocycles. The second-order valence-electron chi connectivity index (χ2n) is 5.04. The maximum Gasteiger partial charge on any atom is 0.431 e. The summed E-state index contributed by atoms with van der Waals surface area (Å²) >= 11 is 0. The zero-order valence-electron chi connectivity index (χ0n) is 12.6. The predicted molar refractivity (Wildman–Crippen MR) is 76.1 cm³/mol. The first kappa shape index (κ1) is 18.1. The molecular formula is C12H13F3N4O4S. The Hall–Kier alpha value is -2.21. The topological polar surface area (TPSA) is 105 Å². The molecule has 0 radical (unpaired) electrons. The highest BCUT2D eigenvalue weighted by molar-refractivity contribution is 7.88. The minimum Gasteiger partial charge on any atom is -0.478 e. The zero-order valence-corrected chi connectivity index (χ0v) is 13.4. The largest absolute Gasteiger partial charge is 0.478 e. The van der Waals surface area contributed by atoms with Crippen molar-refractivity contribution in [3.05, 3.63) is 29.2 Å². The van der Waals surface area contributed by atoms with E-state index in [-0.39, 0.29) is 18.8 Å². The van der Waals surface area contributed by atoms with Crippen molar-refractivity contribution in [3.63, 3.8) is 0 Å². The average molecular weight is 366 g/mol. The lowest BCUT2D eigenvalue weighted by Gasteiger charge is -2.15. The fourth-order valence-corrected chi connectivity index (χ4v) is 2.45. The van der Waals surface area contributed by atoms with Gasteiger partial charge in [0.05, 0.1) is 6.26 Å². The van der Waals surface area contributed by atoms with Gasteiger partial charge in [-0.05, 0) is 12.1 Å². The number of halogens is 3. The summed E-state index contributed by atoms with van der Waals surface area (Å²) < 4.78 is 63.7. The number of rotatable bonds is 5. The van der Waals surface area contributed by atoms with Crippen LogP contribution < -0.4 is 0 Å². The summed E-state index contributed by atoms with van der Waals surface area (Å²) in [5.41, 5.74) is -2.02. The van der Waals surface area contributed by atoms with Gasteiger partial charge in [0.15, 0.2) is 5.65 Å². The Morgan fingerprint density at radius 2 is 1.96 bits per heavy atom. The Balaban J connectivity index is 2.55. The van der Waals surface area contributed by atoms with Gasteiger partial charge >= 0.3 is 12.1 Å². The second-order valence-corrected chi connectivity index (χ2v) is 7.13. The molecule has 0 saturated heterocycles. The standard InChI is InChI=1S/C12H13F3N4O4S/c1-18(24(2,22)23)6-5-9-16-17-10-7(11(20)21)3-4-8(19(9)10)12(13,14)15/h3-4H,5-6H2,1-2H3,(H,20,21). The number of nitrogens with zero attached hydrogens (tertiary/aromatic N) is 4. The molecule has 0 bridgehead atoms. The van der Waals surface area contributed by atoms with Crippen molar-refractivity contribution in [2.24, 2.45) is 0 Å². The molecule has 0 amide bonds. The summed E-state index contributed by atoms with van der Waals surface area (Å²) in [5.74, 6) is -1.63. The maximum absolute atomic E-state index is 13.2. The molecule has 8 nitrogen and oxygen atoms in total. The number of carboxylic acid groups (broad SMARTS) is 1. The van der Waals surface area contributed by atoms with Crippen molar-refractivity contribution < 1.29 is 31.5 Å². The Kier molecular flexibility index (Phi) is 4.55. The van der Waals surface area contributed by atoms with Gasteiger partial charge in [0.2, 0.25) is 10.0 Å². The molecule has 2 aromatic heterocycles. The summed E-state index contributed by atoms with van der Waals surface area (Å²) in [6.45, 7) is -0.131. The number of pyridine rings is 1. The third kappa shape index (κ3) is 3.48. The highest BCUT2D eigenvalue weighted by Crippen LogP contribution is 2.31. The SMILES string of the molecule is CN(CCc1nnc2c(C(=O)O)ccc(C(F)(F)F)n12)S(C)(=O)=O. The van der Waals surface area contributed by atoms with E-state index < -0.39 is 39.1 Å². The fourth-order valence-electron chi connectivity index (χ4n) is 2.03. The van der Waals surface area contributed by atoms with Gasteiger partial charge in [-0.2, -0.15) is 13.2 Å². The number of fused-ring (bicyclic) bond motifs is 1. The molecular weight excluding hydrogens is 353 g/mol. The van der Waals surface area contributed by atoms with E-state index in [0.717, 1.165) is 16.6 Å². The van der Waals surface area contributed by atoms with Gasteiger partial charge in [0.1, 0.15) is 17.1 Å². The number of carbonyl (C=O) groups is 1. The van der Waals surface area contributed by atoms with E-state index >= 15 is 0 Å². The van der Waals surface area contributed by atoms with Gasteiger partial charge in [0, 0.05) is 20.0 Å². The number of aromatic nitrogens is 3. The Labute approximate surface area is 134 Å². The molecule has 2 rings (SSSR count). The van der Waals surface area contributed by atoms with Crippen molar-refractivity contribution in [2.45, 2.75) is 12.6 Å². The number of carboxylic acids is 1. The lowest BCUT2D eigenvalue weighted by atomic mass is 10.2. The first-order chi connectivity index (χ1) is 10.9. The van der Waals surface area contributed by atoms with Crippen LogP contribution in [0.3, 0.4) is 0 Å². The molecule has 0 aliphatic rings. The molecule has 2 heterocycles. The zero-order chi connectivity index (χ0) is 18.3. The quantitative estimate of drug-likeness (QED) is 0.842. The third-order valence-corrected chi connectivity index (χ3v) is 4.67. The molecule has 0 spiro atoms. The molecule has 0 aromatic carbocycles. The van der Waals surface area contributed by atoms with Gasteiger partial charge in [0.25, 0.3) is 0 Å². The van der Waals surface area contributed by atoms with E-state index in [2.05, 4.69) is 10.2 Å². The second kappa shape index (κ2) is 6.02. The molecule has 0 saturated carbocycles. The summed E-state index contributed by atoms with van der Waals surface area (Å²) in [4.78, 5) is 11.1. The number of likely N-dealkylation sites (N-methyl/N-ethyl adjacent to an activating group) is 1. The van der Waals surface area contributed by atoms with Crippen LogP contribution in [-0.4, -0.2) is 58.2 Å². The number of alkyl halides is 3. The van der Waals surface area contributed by atoms with E-state index in [0.29, 0.717) is 10.5 Å². The average Bonchev–Trinajstić information content (AvgIpc) is 2.85. The third-order valence-electron chi connectivity index (χ3n) is 3.36. The molecule has 1 N–H and O–H groups in total. The number of hydrogen-bond acceptors (Lipinski definition) is 5. The van der Waals surface area contributed by atoms with E-state index in [9.17, 15) is 26.4 Å². The molecule has 2 aromatic rings. The molecule has 12 heteroatoms. The first-order valence-corrected chi connectivity index (χ1v) is 8.36. The minimum atomic E-state index is -4.75. The molecule has 0 atom stereocenters. The lowest BCUT2D eigenvalue weighted by Crippen LogP contribution is -2.28. The highest BCUT2D eigenvalue weighted by Gasteiger charge is 2.35. The normalized spacial score (nSPS) is 12.9. The van der Waals surface area contributed by atoms with E-state index in [1.165, 1.54) is 7.05 Å². The molecule has 0 aliphatic heterocycles. The highest BCUT2D eigenvalue weighted by atomic mass is 32.2. The van der Waals surface area contributed by atoms with Crippen molar-refractivity contribution in [1.29, 1.82) is 0 Å². The summed E-state index contributed by atoms with van der Waals surface area (Å²) in [5, 5.41) is 16.2. The van der Waals surface area contributed by atoms with Crippen LogP contribution in [0, 0.1) is 0 Å². The minimum absolute atomic E-state index is 0.131. The molecule has 132 valence electrons. The number of sulfonamides is 1. The lowest BCUT2D eigenvalue weighted by molar-refractivity contribution is -0.142. The monoisotopic (exact) mass is 366 g/mol. The van der Waals surface area contributed by atoms with Gasteiger partial charge in [-0.3, -0.25) is 4.40 Å².